The molecule has 2 rings (SSSR count). The predicted molar refractivity (Wildman–Crippen MR) is 64.4 cm³/mol. The van der Waals surface area contributed by atoms with Gasteiger partial charge in [0.2, 0.25) is 0 Å². The zero-order valence-electron chi connectivity index (χ0n) is 8.70. The Kier molecular flexibility index (Phi) is 2.70. The highest BCUT2D eigenvalue weighted by Crippen LogP contribution is 2.27. The van der Waals surface area contributed by atoms with E-state index < -0.39 is 0 Å². The molecule has 0 saturated heterocycles. The van der Waals surface area contributed by atoms with Crippen LogP contribution in [-0.4, -0.2) is 0 Å². The Morgan fingerprint density at radius 2 is 1.67 bits per heavy atom. The highest BCUT2D eigenvalue weighted by molar-refractivity contribution is 5.73. The summed E-state index contributed by atoms with van der Waals surface area (Å²) in [7, 11) is 0. The van der Waals surface area contributed by atoms with Crippen molar-refractivity contribution in [3.8, 4) is 11.1 Å². The summed E-state index contributed by atoms with van der Waals surface area (Å²) in [4.78, 5) is 0. The number of rotatable bonds is 2. The molecule has 2 aromatic rings. The first-order valence-electron chi connectivity index (χ1n) is 4.94. The number of benzene rings is 2. The SMILES string of the molecule is Cc1c(NN)cccc1-c1ccccc1. The Hall–Kier alpha value is -1.80. The van der Waals surface area contributed by atoms with Gasteiger partial charge in [-0.1, -0.05) is 42.5 Å². The molecule has 0 radical (unpaired) electrons. The Morgan fingerprint density at radius 3 is 2.33 bits per heavy atom. The number of hydrazine groups is 1. The fourth-order valence-corrected chi connectivity index (χ4v) is 1.72. The van der Waals surface area contributed by atoms with Crippen LogP contribution in [0.3, 0.4) is 0 Å². The summed E-state index contributed by atoms with van der Waals surface area (Å²) in [5, 5.41) is 0. The van der Waals surface area contributed by atoms with Gasteiger partial charge in [-0.3, -0.25) is 5.84 Å². The second-order valence-electron chi connectivity index (χ2n) is 3.49. The second-order valence-corrected chi connectivity index (χ2v) is 3.49. The molecule has 2 heteroatoms. The summed E-state index contributed by atoms with van der Waals surface area (Å²) in [5.41, 5.74) is 7.28. The van der Waals surface area contributed by atoms with Gasteiger partial charge < -0.3 is 5.43 Å². The monoisotopic (exact) mass is 198 g/mol. The smallest absolute Gasteiger partial charge is 0.0520 e. The Bertz CT molecular complexity index is 449. The van der Waals surface area contributed by atoms with Crippen LogP contribution in [0.2, 0.25) is 0 Å². The molecule has 0 unspecified atom stereocenters. The van der Waals surface area contributed by atoms with Gasteiger partial charge in [0.1, 0.15) is 0 Å². The maximum atomic E-state index is 5.45. The van der Waals surface area contributed by atoms with Gasteiger partial charge in [0.05, 0.1) is 5.69 Å². The summed E-state index contributed by atoms with van der Waals surface area (Å²) in [6.07, 6.45) is 0. The van der Waals surface area contributed by atoms with Crippen molar-refractivity contribution in [2.45, 2.75) is 6.92 Å². The van der Waals surface area contributed by atoms with Gasteiger partial charge in [-0.25, -0.2) is 0 Å². The predicted octanol–water partition coefficient (Wildman–Crippen LogP) is 2.95. The van der Waals surface area contributed by atoms with Crippen LogP contribution < -0.4 is 11.3 Å². The standard InChI is InChI=1S/C13H14N2/c1-10-12(8-5-9-13(10)15-14)11-6-3-2-4-7-11/h2-9,15H,14H2,1H3. The van der Waals surface area contributed by atoms with Crippen molar-refractivity contribution in [2.75, 3.05) is 5.43 Å². The van der Waals surface area contributed by atoms with E-state index in [-0.39, 0.29) is 0 Å². The van der Waals surface area contributed by atoms with Crippen molar-refractivity contribution in [1.82, 2.24) is 0 Å². The Morgan fingerprint density at radius 1 is 0.933 bits per heavy atom. The molecule has 0 aliphatic carbocycles. The molecule has 15 heavy (non-hydrogen) atoms. The number of nitrogens with one attached hydrogen (secondary N) is 1. The lowest BCUT2D eigenvalue weighted by molar-refractivity contribution is 1.31. The zero-order chi connectivity index (χ0) is 10.7. The third kappa shape index (κ3) is 1.85. The first-order valence-corrected chi connectivity index (χ1v) is 4.94. The van der Waals surface area contributed by atoms with E-state index in [0.717, 1.165) is 5.69 Å². The van der Waals surface area contributed by atoms with Crippen molar-refractivity contribution in [3.05, 3.63) is 54.1 Å². The molecule has 0 aliphatic rings. The minimum absolute atomic E-state index is 0.969. The summed E-state index contributed by atoms with van der Waals surface area (Å²) >= 11 is 0. The van der Waals surface area contributed by atoms with Gasteiger partial charge in [0.25, 0.3) is 0 Å². The topological polar surface area (TPSA) is 38.0 Å². The van der Waals surface area contributed by atoms with Crippen LogP contribution in [0.25, 0.3) is 11.1 Å². The van der Waals surface area contributed by atoms with Crippen LogP contribution >= 0.6 is 0 Å². The largest absolute Gasteiger partial charge is 0.324 e. The molecule has 0 heterocycles. The lowest BCUT2D eigenvalue weighted by Crippen LogP contribution is -2.08. The van der Waals surface area contributed by atoms with Crippen molar-refractivity contribution in [3.63, 3.8) is 0 Å². The van der Waals surface area contributed by atoms with Crippen LogP contribution in [0.1, 0.15) is 5.56 Å². The molecule has 0 aromatic heterocycles. The van der Waals surface area contributed by atoms with Gasteiger partial charge in [0.15, 0.2) is 0 Å². The van der Waals surface area contributed by atoms with Crippen LogP contribution in [0.15, 0.2) is 48.5 Å². The molecule has 0 aliphatic heterocycles. The number of hydrogen-bond acceptors (Lipinski definition) is 2. The van der Waals surface area contributed by atoms with E-state index in [1.54, 1.807) is 0 Å². The van der Waals surface area contributed by atoms with E-state index in [1.165, 1.54) is 16.7 Å². The summed E-state index contributed by atoms with van der Waals surface area (Å²) in [6, 6.07) is 16.4. The third-order valence-corrected chi connectivity index (χ3v) is 2.57. The van der Waals surface area contributed by atoms with Gasteiger partial charge >= 0.3 is 0 Å². The van der Waals surface area contributed by atoms with Crippen molar-refractivity contribution < 1.29 is 0 Å². The number of anilines is 1. The molecule has 2 aromatic carbocycles. The molecule has 0 atom stereocenters. The molecule has 0 bridgehead atoms. The molecule has 2 nitrogen and oxygen atoms in total. The lowest BCUT2D eigenvalue weighted by Gasteiger charge is -2.10. The van der Waals surface area contributed by atoms with E-state index in [0.29, 0.717) is 0 Å². The van der Waals surface area contributed by atoms with Crippen molar-refractivity contribution in [2.24, 2.45) is 5.84 Å². The Labute approximate surface area is 89.7 Å². The minimum atomic E-state index is 0.969. The van der Waals surface area contributed by atoms with E-state index >= 15 is 0 Å². The van der Waals surface area contributed by atoms with Crippen LogP contribution in [0.4, 0.5) is 5.69 Å². The second kappa shape index (κ2) is 4.15. The van der Waals surface area contributed by atoms with Crippen LogP contribution in [-0.2, 0) is 0 Å². The highest BCUT2D eigenvalue weighted by atomic mass is 15.2. The van der Waals surface area contributed by atoms with Crippen LogP contribution in [0, 0.1) is 6.92 Å². The number of hydrogen-bond donors (Lipinski definition) is 2. The molecule has 0 amide bonds. The van der Waals surface area contributed by atoms with Crippen molar-refractivity contribution >= 4 is 5.69 Å². The minimum Gasteiger partial charge on any atom is -0.324 e. The van der Waals surface area contributed by atoms with Gasteiger partial charge in [-0.2, -0.15) is 0 Å². The maximum absolute atomic E-state index is 5.45. The highest BCUT2D eigenvalue weighted by Gasteiger charge is 2.03. The fourth-order valence-electron chi connectivity index (χ4n) is 1.72. The molecule has 0 saturated carbocycles. The van der Waals surface area contributed by atoms with E-state index in [2.05, 4.69) is 30.5 Å². The molecule has 3 N–H and O–H groups in total. The number of nitrogen functional groups attached to an aromatic ring is 1. The first-order chi connectivity index (χ1) is 7.33. The quantitative estimate of drug-likeness (QED) is 0.575. The normalized spacial score (nSPS) is 10.0. The van der Waals surface area contributed by atoms with Gasteiger partial charge in [-0.15, -0.1) is 0 Å². The van der Waals surface area contributed by atoms with E-state index in [9.17, 15) is 0 Å². The summed E-state index contributed by atoms with van der Waals surface area (Å²) in [6.45, 7) is 2.07. The van der Waals surface area contributed by atoms with Crippen molar-refractivity contribution in [1.29, 1.82) is 0 Å². The molecule has 0 spiro atoms. The third-order valence-electron chi connectivity index (χ3n) is 2.57. The first kappa shape index (κ1) is 9.74. The van der Waals surface area contributed by atoms with Gasteiger partial charge in [-0.05, 0) is 29.7 Å². The van der Waals surface area contributed by atoms with Gasteiger partial charge in [0, 0.05) is 0 Å². The molecule has 0 fully saturated rings. The van der Waals surface area contributed by atoms with E-state index in [1.807, 2.05) is 30.3 Å². The Balaban J connectivity index is 2.54. The summed E-state index contributed by atoms with van der Waals surface area (Å²) in [5.74, 6) is 5.45. The van der Waals surface area contributed by atoms with Crippen LogP contribution in [0.5, 0.6) is 0 Å². The van der Waals surface area contributed by atoms with E-state index in [4.69, 9.17) is 5.84 Å². The average Bonchev–Trinajstić information content (AvgIpc) is 2.30. The maximum Gasteiger partial charge on any atom is 0.0520 e. The molecular weight excluding hydrogens is 184 g/mol. The zero-order valence-corrected chi connectivity index (χ0v) is 8.70. The molecule has 76 valence electrons. The summed E-state index contributed by atoms with van der Waals surface area (Å²) < 4.78 is 0. The molecular formula is C13H14N2. The lowest BCUT2D eigenvalue weighted by atomic mass is 9.99. The number of nitrogens with two attached hydrogens (primary N) is 1. The average molecular weight is 198 g/mol. The fraction of sp³-hybridized carbons (Fsp3) is 0.0769.